The molecule has 2 aromatic carbocycles. The van der Waals surface area contributed by atoms with Crippen molar-refractivity contribution in [3.63, 3.8) is 0 Å². The third kappa shape index (κ3) is 4.98. The number of carbonyl (C=O) groups excluding carboxylic acids is 2. The average molecular weight is 496 g/mol. The van der Waals surface area contributed by atoms with Crippen LogP contribution in [0.25, 0.3) is 17.1 Å². The number of halogens is 4. The van der Waals surface area contributed by atoms with Gasteiger partial charge in [-0.3, -0.25) is 14.3 Å². The van der Waals surface area contributed by atoms with Crippen LogP contribution in [-0.2, 0) is 11.0 Å². The first-order valence-electron chi connectivity index (χ1n) is 9.84. The second kappa shape index (κ2) is 9.44. The molecular formula is C21H17ClF3N5O2S. The number of alkyl halides is 3. The number of nitrogens with zero attached hydrogens (tertiary/aromatic N) is 4. The number of benzene rings is 2. The van der Waals surface area contributed by atoms with Crippen LogP contribution in [0.2, 0.25) is 5.02 Å². The van der Waals surface area contributed by atoms with Crippen LogP contribution < -0.4 is 5.32 Å². The predicted molar refractivity (Wildman–Crippen MR) is 117 cm³/mol. The summed E-state index contributed by atoms with van der Waals surface area (Å²) < 4.78 is 41.5. The first kappa shape index (κ1) is 23.1. The third-order valence-electron chi connectivity index (χ3n) is 4.87. The molecule has 3 amide bonds. The lowest BCUT2D eigenvalue weighted by atomic mass is 10.1. The summed E-state index contributed by atoms with van der Waals surface area (Å²) in [7, 11) is 0. The number of hydrogen-bond acceptors (Lipinski definition) is 5. The number of aromatic nitrogens is 3. The molecule has 1 aliphatic heterocycles. The number of hydrogen-bond donors (Lipinski definition) is 1. The number of urea groups is 1. The quantitative estimate of drug-likeness (QED) is 0.293. The lowest BCUT2D eigenvalue weighted by Gasteiger charge is -2.14. The van der Waals surface area contributed by atoms with Crippen LogP contribution in [0.4, 0.5) is 18.0 Å². The fraction of sp³-hybridized carbons (Fsp3) is 0.238. The second-order valence-corrected chi connectivity index (χ2v) is 8.54. The molecule has 4 rings (SSSR count). The Morgan fingerprint density at radius 1 is 1.09 bits per heavy atom. The standard InChI is InChI=1S/C21H17ClF3N5O2S/c22-16-8-2-1-7-15(16)18-27-28-20(33-10-4-9-29-17(31)12-26-19(29)32)30(18)14-6-3-5-13(11-14)21(23,24)25/h1-3,5-8,11H,4,9-10,12H2,(H,26,32). The number of rotatable bonds is 7. The number of imide groups is 1. The smallest absolute Gasteiger partial charge is 0.329 e. The van der Waals surface area contributed by atoms with Gasteiger partial charge in [-0.25, -0.2) is 4.79 Å². The largest absolute Gasteiger partial charge is 0.416 e. The topological polar surface area (TPSA) is 80.1 Å². The molecule has 1 aromatic heterocycles. The van der Waals surface area contributed by atoms with Gasteiger partial charge >= 0.3 is 12.2 Å². The van der Waals surface area contributed by atoms with Crippen molar-refractivity contribution in [1.82, 2.24) is 25.0 Å². The average Bonchev–Trinajstić information content (AvgIpc) is 3.34. The molecule has 0 bridgehead atoms. The molecule has 1 fully saturated rings. The maximum absolute atomic E-state index is 13.3. The van der Waals surface area contributed by atoms with E-state index in [0.717, 1.165) is 17.0 Å². The first-order chi connectivity index (χ1) is 15.8. The van der Waals surface area contributed by atoms with E-state index in [-0.39, 0.29) is 24.7 Å². The van der Waals surface area contributed by atoms with Gasteiger partial charge in [0.2, 0.25) is 5.91 Å². The predicted octanol–water partition coefficient (Wildman–Crippen LogP) is 4.64. The summed E-state index contributed by atoms with van der Waals surface area (Å²) in [6.45, 7) is 0.212. The van der Waals surface area contributed by atoms with E-state index in [1.165, 1.54) is 28.5 Å². The van der Waals surface area contributed by atoms with Crippen molar-refractivity contribution >= 4 is 35.3 Å². The molecule has 0 spiro atoms. The molecule has 0 unspecified atom stereocenters. The Bertz CT molecular complexity index is 1180. The summed E-state index contributed by atoms with van der Waals surface area (Å²) in [5.41, 5.74) is -0.0371. The normalized spacial score (nSPS) is 14.1. The Balaban J connectivity index is 1.63. The fourth-order valence-electron chi connectivity index (χ4n) is 3.30. The highest BCUT2D eigenvalue weighted by Gasteiger charge is 2.31. The summed E-state index contributed by atoms with van der Waals surface area (Å²) in [6.07, 6.45) is -4.04. The van der Waals surface area contributed by atoms with Crippen LogP contribution >= 0.6 is 23.4 Å². The number of amides is 3. The first-order valence-corrected chi connectivity index (χ1v) is 11.2. The van der Waals surface area contributed by atoms with Crippen molar-refractivity contribution in [2.45, 2.75) is 17.8 Å². The molecule has 0 radical (unpaired) electrons. The molecule has 2 heterocycles. The molecule has 1 saturated heterocycles. The number of thioether (sulfide) groups is 1. The maximum atomic E-state index is 13.3. The Morgan fingerprint density at radius 2 is 1.88 bits per heavy atom. The van der Waals surface area contributed by atoms with E-state index in [1.807, 2.05) is 0 Å². The third-order valence-corrected chi connectivity index (χ3v) is 6.22. The van der Waals surface area contributed by atoms with Crippen LogP contribution in [0.5, 0.6) is 0 Å². The van der Waals surface area contributed by atoms with Crippen molar-refractivity contribution in [1.29, 1.82) is 0 Å². The highest BCUT2D eigenvalue weighted by molar-refractivity contribution is 7.99. The van der Waals surface area contributed by atoms with Gasteiger partial charge in [0.1, 0.15) is 0 Å². The summed E-state index contributed by atoms with van der Waals surface area (Å²) in [5.74, 6) is 0.464. The van der Waals surface area contributed by atoms with Gasteiger partial charge in [0, 0.05) is 17.9 Å². The number of carbonyl (C=O) groups is 2. The molecule has 172 valence electrons. The van der Waals surface area contributed by atoms with Gasteiger partial charge in [0.15, 0.2) is 11.0 Å². The molecule has 1 N–H and O–H groups in total. The molecule has 7 nitrogen and oxygen atoms in total. The van der Waals surface area contributed by atoms with E-state index in [2.05, 4.69) is 15.5 Å². The van der Waals surface area contributed by atoms with E-state index in [0.29, 0.717) is 33.7 Å². The van der Waals surface area contributed by atoms with Crippen molar-refractivity contribution in [2.24, 2.45) is 0 Å². The number of nitrogens with one attached hydrogen (secondary N) is 1. The van der Waals surface area contributed by atoms with Gasteiger partial charge in [-0.15, -0.1) is 10.2 Å². The lowest BCUT2D eigenvalue weighted by Crippen LogP contribution is -2.32. The van der Waals surface area contributed by atoms with Gasteiger partial charge in [-0.2, -0.15) is 13.2 Å². The molecule has 0 saturated carbocycles. The van der Waals surface area contributed by atoms with Crippen molar-refractivity contribution in [3.8, 4) is 17.1 Å². The summed E-state index contributed by atoms with van der Waals surface area (Å²) in [6, 6.07) is 11.3. The molecule has 0 aliphatic carbocycles. The molecular weight excluding hydrogens is 479 g/mol. The Labute approximate surface area is 195 Å². The minimum atomic E-state index is -4.51. The molecule has 0 atom stereocenters. The van der Waals surface area contributed by atoms with E-state index in [4.69, 9.17) is 11.6 Å². The monoisotopic (exact) mass is 495 g/mol. The van der Waals surface area contributed by atoms with Crippen LogP contribution in [0, 0.1) is 0 Å². The second-order valence-electron chi connectivity index (χ2n) is 7.08. The van der Waals surface area contributed by atoms with E-state index < -0.39 is 17.8 Å². The zero-order valence-electron chi connectivity index (χ0n) is 17.0. The summed E-state index contributed by atoms with van der Waals surface area (Å²) in [5, 5.41) is 11.6. The van der Waals surface area contributed by atoms with Gasteiger partial charge in [-0.1, -0.05) is 41.6 Å². The zero-order chi connectivity index (χ0) is 23.6. The van der Waals surface area contributed by atoms with Gasteiger partial charge in [0.05, 0.1) is 22.8 Å². The van der Waals surface area contributed by atoms with E-state index in [9.17, 15) is 22.8 Å². The highest BCUT2D eigenvalue weighted by Crippen LogP contribution is 2.35. The van der Waals surface area contributed by atoms with E-state index >= 15 is 0 Å². The Hall–Kier alpha value is -3.05. The zero-order valence-corrected chi connectivity index (χ0v) is 18.5. The van der Waals surface area contributed by atoms with Crippen molar-refractivity contribution < 1.29 is 22.8 Å². The minimum Gasteiger partial charge on any atom is -0.329 e. The lowest BCUT2D eigenvalue weighted by molar-refractivity contribution is -0.137. The van der Waals surface area contributed by atoms with Crippen LogP contribution in [0.1, 0.15) is 12.0 Å². The maximum Gasteiger partial charge on any atom is 0.416 e. The highest BCUT2D eigenvalue weighted by atomic mass is 35.5. The van der Waals surface area contributed by atoms with Crippen molar-refractivity contribution in [3.05, 3.63) is 59.1 Å². The summed E-state index contributed by atoms with van der Waals surface area (Å²) >= 11 is 7.57. The van der Waals surface area contributed by atoms with E-state index in [1.54, 1.807) is 24.3 Å². The molecule has 12 heteroatoms. The van der Waals surface area contributed by atoms with Gasteiger partial charge in [0.25, 0.3) is 0 Å². The Kier molecular flexibility index (Phi) is 6.61. The Morgan fingerprint density at radius 3 is 2.58 bits per heavy atom. The van der Waals surface area contributed by atoms with Gasteiger partial charge in [-0.05, 0) is 36.8 Å². The van der Waals surface area contributed by atoms with Crippen LogP contribution in [-0.4, -0.2) is 50.4 Å². The van der Waals surface area contributed by atoms with Gasteiger partial charge < -0.3 is 5.32 Å². The summed E-state index contributed by atoms with van der Waals surface area (Å²) in [4.78, 5) is 24.5. The van der Waals surface area contributed by atoms with Crippen molar-refractivity contribution in [2.75, 3.05) is 18.8 Å². The fourth-order valence-corrected chi connectivity index (χ4v) is 4.40. The SMILES string of the molecule is O=C1CNC(=O)N1CCCSc1nnc(-c2ccccc2Cl)n1-c1cccc(C(F)(F)F)c1. The minimum absolute atomic E-state index is 0.0168. The molecule has 33 heavy (non-hydrogen) atoms. The molecule has 3 aromatic rings. The van der Waals surface area contributed by atoms with Crippen LogP contribution in [0.15, 0.2) is 53.7 Å². The van der Waals surface area contributed by atoms with Crippen LogP contribution in [0.3, 0.4) is 0 Å². The molecule has 1 aliphatic rings.